The maximum Gasteiger partial charge on any atom is 0.248 e. The Hall–Kier alpha value is -1.59. The van der Waals surface area contributed by atoms with E-state index in [0.717, 1.165) is 4.88 Å². The number of primary amides is 1. The lowest BCUT2D eigenvalue weighted by atomic mass is 10.2. The lowest BCUT2D eigenvalue weighted by molar-refractivity contribution is 0.100. The van der Waals surface area contributed by atoms with Crippen molar-refractivity contribution in [1.29, 1.82) is 0 Å². The number of benzene rings is 1. The van der Waals surface area contributed by atoms with Crippen molar-refractivity contribution in [3.05, 3.63) is 45.4 Å². The van der Waals surface area contributed by atoms with E-state index in [1.54, 1.807) is 30.5 Å². The van der Waals surface area contributed by atoms with Gasteiger partial charge in [-0.2, -0.15) is 0 Å². The zero-order valence-electron chi connectivity index (χ0n) is 8.72. The van der Waals surface area contributed by atoms with Crippen molar-refractivity contribution < 1.29 is 9.53 Å². The Bertz CT molecular complexity index is 525. The van der Waals surface area contributed by atoms with Crippen LogP contribution < -0.4 is 10.5 Å². The van der Waals surface area contributed by atoms with Crippen molar-refractivity contribution in [3.8, 4) is 5.75 Å². The second kappa shape index (κ2) is 5.16. The van der Waals surface area contributed by atoms with Gasteiger partial charge in [-0.05, 0) is 24.3 Å². The molecular formula is C11H9ClN2O2S. The Morgan fingerprint density at radius 2 is 2.12 bits per heavy atom. The number of amides is 1. The Morgan fingerprint density at radius 1 is 1.41 bits per heavy atom. The summed E-state index contributed by atoms with van der Waals surface area (Å²) in [5, 5.41) is 0. The van der Waals surface area contributed by atoms with Gasteiger partial charge in [0.1, 0.15) is 12.4 Å². The van der Waals surface area contributed by atoms with E-state index in [4.69, 9.17) is 22.1 Å². The van der Waals surface area contributed by atoms with Gasteiger partial charge in [0, 0.05) is 11.8 Å². The summed E-state index contributed by atoms with van der Waals surface area (Å²) in [4.78, 5) is 15.7. The van der Waals surface area contributed by atoms with Gasteiger partial charge >= 0.3 is 0 Å². The summed E-state index contributed by atoms with van der Waals surface area (Å²) in [6.07, 6.45) is 1.67. The molecule has 1 aromatic heterocycles. The van der Waals surface area contributed by atoms with Crippen molar-refractivity contribution in [2.45, 2.75) is 6.61 Å². The van der Waals surface area contributed by atoms with Gasteiger partial charge in [-0.1, -0.05) is 11.6 Å². The van der Waals surface area contributed by atoms with E-state index in [1.807, 2.05) is 0 Å². The third-order valence-corrected chi connectivity index (χ3v) is 3.13. The summed E-state index contributed by atoms with van der Waals surface area (Å²) in [6, 6.07) is 6.64. The van der Waals surface area contributed by atoms with Crippen LogP contribution in [-0.2, 0) is 6.61 Å². The minimum atomic E-state index is -0.453. The van der Waals surface area contributed by atoms with Gasteiger partial charge in [-0.25, -0.2) is 4.98 Å². The van der Waals surface area contributed by atoms with E-state index in [2.05, 4.69) is 4.98 Å². The summed E-state index contributed by atoms with van der Waals surface area (Å²) in [6.45, 7) is 0.403. The molecule has 0 spiro atoms. The minimum Gasteiger partial charge on any atom is -0.488 e. The van der Waals surface area contributed by atoms with E-state index >= 15 is 0 Å². The molecule has 2 N–H and O–H groups in total. The molecule has 2 rings (SSSR count). The molecule has 0 aliphatic carbocycles. The second-order valence-corrected chi connectivity index (χ2v) is 4.95. The van der Waals surface area contributed by atoms with Gasteiger partial charge in [-0.15, -0.1) is 11.3 Å². The van der Waals surface area contributed by atoms with Crippen molar-refractivity contribution in [3.63, 3.8) is 0 Å². The highest BCUT2D eigenvalue weighted by Crippen LogP contribution is 2.20. The van der Waals surface area contributed by atoms with Crippen LogP contribution in [0.15, 0.2) is 30.5 Å². The molecule has 4 nitrogen and oxygen atoms in total. The number of carbonyl (C=O) groups excluding carboxylic acids is 1. The molecule has 0 aliphatic heterocycles. The summed E-state index contributed by atoms with van der Waals surface area (Å²) in [5.41, 5.74) is 5.59. The number of ether oxygens (including phenoxy) is 1. The molecule has 0 bridgehead atoms. The first-order valence-electron chi connectivity index (χ1n) is 4.78. The summed E-state index contributed by atoms with van der Waals surface area (Å²) < 4.78 is 5.99. The fourth-order valence-electron chi connectivity index (χ4n) is 1.22. The predicted molar refractivity (Wildman–Crippen MR) is 66.4 cm³/mol. The molecule has 1 heterocycles. The first-order chi connectivity index (χ1) is 8.15. The average molecular weight is 269 g/mol. The SMILES string of the molecule is NC(=O)c1ccc(OCc2cnc(Cl)s2)cc1. The lowest BCUT2D eigenvalue weighted by Gasteiger charge is -2.04. The molecule has 0 radical (unpaired) electrons. The molecule has 0 saturated heterocycles. The largest absolute Gasteiger partial charge is 0.488 e. The highest BCUT2D eigenvalue weighted by atomic mass is 35.5. The summed E-state index contributed by atoms with van der Waals surface area (Å²) >= 11 is 7.07. The van der Waals surface area contributed by atoms with Gasteiger partial charge < -0.3 is 10.5 Å². The molecule has 6 heteroatoms. The zero-order chi connectivity index (χ0) is 12.3. The first-order valence-corrected chi connectivity index (χ1v) is 5.97. The van der Waals surface area contributed by atoms with Crippen LogP contribution in [0.3, 0.4) is 0 Å². The van der Waals surface area contributed by atoms with E-state index in [1.165, 1.54) is 11.3 Å². The van der Waals surface area contributed by atoms with Crippen molar-refractivity contribution in [2.75, 3.05) is 0 Å². The van der Waals surface area contributed by atoms with Crippen LogP contribution in [0.5, 0.6) is 5.75 Å². The number of nitrogens with two attached hydrogens (primary N) is 1. The maximum absolute atomic E-state index is 10.9. The van der Waals surface area contributed by atoms with Crippen molar-refractivity contribution in [1.82, 2.24) is 4.98 Å². The molecule has 2 aromatic rings. The molecule has 88 valence electrons. The molecule has 17 heavy (non-hydrogen) atoms. The van der Waals surface area contributed by atoms with Crippen LogP contribution in [0.25, 0.3) is 0 Å². The number of halogens is 1. The van der Waals surface area contributed by atoms with E-state index in [9.17, 15) is 4.79 Å². The molecule has 1 amide bonds. The number of rotatable bonds is 4. The number of carbonyl (C=O) groups is 1. The Labute approximate surface area is 107 Å². The predicted octanol–water partition coefficient (Wildman–Crippen LogP) is 2.47. The van der Waals surface area contributed by atoms with Gasteiger partial charge in [0.15, 0.2) is 4.47 Å². The lowest BCUT2D eigenvalue weighted by Crippen LogP contribution is -2.10. The van der Waals surface area contributed by atoms with Crippen LogP contribution in [0.2, 0.25) is 4.47 Å². The fourth-order valence-corrected chi connectivity index (χ4v) is 2.11. The topological polar surface area (TPSA) is 65.2 Å². The molecule has 1 aromatic carbocycles. The highest BCUT2D eigenvalue weighted by molar-refractivity contribution is 7.15. The molecule has 0 saturated carbocycles. The normalized spacial score (nSPS) is 10.2. The number of hydrogen-bond acceptors (Lipinski definition) is 4. The third kappa shape index (κ3) is 3.18. The summed E-state index contributed by atoms with van der Waals surface area (Å²) in [7, 11) is 0. The number of nitrogens with zero attached hydrogens (tertiary/aromatic N) is 1. The van der Waals surface area contributed by atoms with Gasteiger partial charge in [0.05, 0.1) is 4.88 Å². The molecular weight excluding hydrogens is 260 g/mol. The highest BCUT2D eigenvalue weighted by Gasteiger charge is 2.02. The van der Waals surface area contributed by atoms with Crippen LogP contribution in [0.4, 0.5) is 0 Å². The van der Waals surface area contributed by atoms with Crippen molar-refractivity contribution in [2.24, 2.45) is 5.73 Å². The zero-order valence-corrected chi connectivity index (χ0v) is 10.3. The standard InChI is InChI=1S/C11H9ClN2O2S/c12-11-14-5-9(17-11)6-16-8-3-1-7(2-4-8)10(13)15/h1-5H,6H2,(H2,13,15). The van der Waals surface area contributed by atoms with Gasteiger partial charge in [-0.3, -0.25) is 4.79 Å². The molecule has 0 unspecified atom stereocenters. The smallest absolute Gasteiger partial charge is 0.248 e. The number of aromatic nitrogens is 1. The molecule has 0 fully saturated rings. The van der Waals surface area contributed by atoms with Crippen LogP contribution in [-0.4, -0.2) is 10.9 Å². The third-order valence-electron chi connectivity index (χ3n) is 2.05. The van der Waals surface area contributed by atoms with Crippen LogP contribution in [0.1, 0.15) is 15.2 Å². The fraction of sp³-hybridized carbons (Fsp3) is 0.0909. The first kappa shape index (κ1) is 11.9. The van der Waals surface area contributed by atoms with Gasteiger partial charge in [0.25, 0.3) is 0 Å². The Kier molecular flexibility index (Phi) is 3.61. The van der Waals surface area contributed by atoms with Crippen LogP contribution in [0, 0.1) is 0 Å². The molecule has 0 aliphatic rings. The quantitative estimate of drug-likeness (QED) is 0.926. The summed E-state index contributed by atoms with van der Waals surface area (Å²) in [5.74, 6) is 0.213. The second-order valence-electron chi connectivity index (χ2n) is 3.26. The number of hydrogen-bond donors (Lipinski definition) is 1. The van der Waals surface area contributed by atoms with E-state index < -0.39 is 5.91 Å². The average Bonchev–Trinajstić information content (AvgIpc) is 2.73. The number of thiazole rings is 1. The Morgan fingerprint density at radius 3 is 2.65 bits per heavy atom. The van der Waals surface area contributed by atoms with Crippen LogP contribution >= 0.6 is 22.9 Å². The minimum absolute atomic E-state index is 0.403. The van der Waals surface area contributed by atoms with E-state index in [0.29, 0.717) is 22.4 Å². The Balaban J connectivity index is 1.97. The van der Waals surface area contributed by atoms with E-state index in [-0.39, 0.29) is 0 Å². The maximum atomic E-state index is 10.9. The van der Waals surface area contributed by atoms with Gasteiger partial charge in [0.2, 0.25) is 5.91 Å². The monoisotopic (exact) mass is 268 g/mol. The van der Waals surface area contributed by atoms with Crippen molar-refractivity contribution >= 4 is 28.8 Å². The molecule has 0 atom stereocenters.